The molecule has 0 bridgehead atoms. The molecule has 12 nitrogen and oxygen atoms in total. The van der Waals surface area contributed by atoms with E-state index in [9.17, 15) is 24.3 Å². The first-order valence-corrected chi connectivity index (χ1v) is 11.2. The Balaban J connectivity index is 2.84. The Morgan fingerprint density at radius 2 is 1.79 bits per heavy atom. The maximum absolute atomic E-state index is 12.9. The van der Waals surface area contributed by atoms with E-state index in [2.05, 4.69) is 25.9 Å². The lowest BCUT2D eigenvalue weighted by Crippen LogP contribution is -2.57. The highest BCUT2D eigenvalue weighted by molar-refractivity contribution is 5.94. The van der Waals surface area contributed by atoms with Crippen molar-refractivity contribution in [1.82, 2.24) is 25.9 Å². The summed E-state index contributed by atoms with van der Waals surface area (Å²) in [7, 11) is 0. The monoisotopic (exact) mass is 467 g/mol. The number of hydrogen-bond acceptors (Lipinski definition) is 7. The van der Waals surface area contributed by atoms with Crippen molar-refractivity contribution in [3.8, 4) is 0 Å². The molecule has 1 rings (SSSR count). The van der Waals surface area contributed by atoms with Crippen LogP contribution in [0.2, 0.25) is 0 Å². The normalized spacial score (nSPS) is 15.5. The summed E-state index contributed by atoms with van der Waals surface area (Å²) in [5, 5.41) is 17.1. The third-order valence-corrected chi connectivity index (χ3v) is 5.45. The number of carboxylic acids is 1. The van der Waals surface area contributed by atoms with Gasteiger partial charge in [-0.25, -0.2) is 9.78 Å². The molecule has 3 amide bonds. The highest BCUT2D eigenvalue weighted by Crippen LogP contribution is 2.09. The Morgan fingerprint density at radius 1 is 1.09 bits per heavy atom. The quantitative estimate of drug-likeness (QED) is 0.159. The molecule has 1 aromatic rings. The van der Waals surface area contributed by atoms with E-state index in [-0.39, 0.29) is 12.3 Å². The average molecular weight is 468 g/mol. The number of H-pyrrole nitrogens is 1. The first kappa shape index (κ1) is 28.0. The molecule has 0 radical (unpaired) electrons. The number of rotatable bonds is 15. The molecule has 9 N–H and O–H groups in total. The molecule has 33 heavy (non-hydrogen) atoms. The van der Waals surface area contributed by atoms with Gasteiger partial charge < -0.3 is 37.5 Å². The van der Waals surface area contributed by atoms with Crippen LogP contribution in [0.4, 0.5) is 0 Å². The second-order valence-corrected chi connectivity index (χ2v) is 8.17. The molecular formula is C21H37N7O5. The number of carbonyl (C=O) groups excluding carboxylic acids is 3. The van der Waals surface area contributed by atoms with Gasteiger partial charge in [-0.15, -0.1) is 0 Å². The molecule has 12 heteroatoms. The average Bonchev–Trinajstić information content (AvgIpc) is 3.29. The molecule has 0 aliphatic carbocycles. The van der Waals surface area contributed by atoms with E-state index in [0.717, 1.165) is 6.42 Å². The van der Waals surface area contributed by atoms with E-state index < -0.39 is 47.9 Å². The fourth-order valence-corrected chi connectivity index (χ4v) is 3.08. The van der Waals surface area contributed by atoms with Crippen LogP contribution in [0, 0.1) is 5.92 Å². The van der Waals surface area contributed by atoms with E-state index in [0.29, 0.717) is 31.5 Å². The lowest BCUT2D eigenvalue weighted by molar-refractivity contribution is -0.143. The molecule has 0 aromatic carbocycles. The zero-order chi connectivity index (χ0) is 25.0. The van der Waals surface area contributed by atoms with Crippen LogP contribution in [0.25, 0.3) is 0 Å². The minimum absolute atomic E-state index is 0.0592. The van der Waals surface area contributed by atoms with Crippen molar-refractivity contribution in [2.24, 2.45) is 17.4 Å². The molecular weight excluding hydrogens is 430 g/mol. The summed E-state index contributed by atoms with van der Waals surface area (Å²) in [6.07, 6.45) is 5.41. The smallest absolute Gasteiger partial charge is 0.326 e. The number of nitrogens with zero attached hydrogens (tertiary/aromatic N) is 1. The van der Waals surface area contributed by atoms with Crippen LogP contribution in [0.3, 0.4) is 0 Å². The molecule has 5 atom stereocenters. The van der Waals surface area contributed by atoms with Gasteiger partial charge in [0.05, 0.1) is 12.4 Å². The molecule has 5 unspecified atom stereocenters. The van der Waals surface area contributed by atoms with Crippen LogP contribution in [0.1, 0.15) is 52.1 Å². The third-order valence-electron chi connectivity index (χ3n) is 5.45. The number of nitrogens with two attached hydrogens (primary N) is 2. The number of aromatic amines is 1. The maximum Gasteiger partial charge on any atom is 0.326 e. The largest absolute Gasteiger partial charge is 0.480 e. The summed E-state index contributed by atoms with van der Waals surface area (Å²) < 4.78 is 0. The Morgan fingerprint density at radius 3 is 2.33 bits per heavy atom. The fourth-order valence-electron chi connectivity index (χ4n) is 3.08. The third kappa shape index (κ3) is 9.58. The molecule has 0 aliphatic heterocycles. The minimum atomic E-state index is -1.16. The second kappa shape index (κ2) is 14.2. The van der Waals surface area contributed by atoms with Crippen molar-refractivity contribution >= 4 is 23.7 Å². The number of aliphatic carboxylic acids is 1. The van der Waals surface area contributed by atoms with Gasteiger partial charge in [-0.05, 0) is 32.2 Å². The Bertz CT molecular complexity index is 771. The number of carbonyl (C=O) groups is 4. The second-order valence-electron chi connectivity index (χ2n) is 8.17. The maximum atomic E-state index is 12.9. The number of imidazole rings is 1. The van der Waals surface area contributed by atoms with Crippen molar-refractivity contribution in [2.75, 3.05) is 6.54 Å². The van der Waals surface area contributed by atoms with E-state index in [1.807, 2.05) is 6.92 Å². The van der Waals surface area contributed by atoms with Gasteiger partial charge in [0.1, 0.15) is 18.1 Å². The molecule has 0 saturated heterocycles. The summed E-state index contributed by atoms with van der Waals surface area (Å²) in [6, 6.07) is -3.92. The summed E-state index contributed by atoms with van der Waals surface area (Å²) in [5.41, 5.74) is 11.9. The predicted molar refractivity (Wildman–Crippen MR) is 122 cm³/mol. The number of aromatic nitrogens is 2. The zero-order valence-corrected chi connectivity index (χ0v) is 19.5. The fraction of sp³-hybridized carbons (Fsp3) is 0.667. The van der Waals surface area contributed by atoms with Gasteiger partial charge in [0.2, 0.25) is 17.7 Å². The summed E-state index contributed by atoms with van der Waals surface area (Å²) in [6.45, 7) is 5.52. The Labute approximate surface area is 193 Å². The molecule has 0 fully saturated rings. The van der Waals surface area contributed by atoms with Gasteiger partial charge >= 0.3 is 5.97 Å². The van der Waals surface area contributed by atoms with Crippen LogP contribution < -0.4 is 27.4 Å². The predicted octanol–water partition coefficient (Wildman–Crippen LogP) is -0.986. The summed E-state index contributed by atoms with van der Waals surface area (Å²) in [5.74, 6) is -3.20. The highest BCUT2D eigenvalue weighted by atomic mass is 16.4. The zero-order valence-electron chi connectivity index (χ0n) is 19.5. The van der Waals surface area contributed by atoms with Gasteiger partial charge in [-0.3, -0.25) is 14.4 Å². The summed E-state index contributed by atoms with van der Waals surface area (Å²) in [4.78, 5) is 56.2. The van der Waals surface area contributed by atoms with Crippen LogP contribution in [-0.2, 0) is 25.6 Å². The van der Waals surface area contributed by atoms with Gasteiger partial charge in [-0.1, -0.05) is 26.7 Å². The van der Waals surface area contributed by atoms with Gasteiger partial charge in [0.15, 0.2) is 0 Å². The topological polar surface area (TPSA) is 205 Å². The molecule has 0 spiro atoms. The lowest BCUT2D eigenvalue weighted by Gasteiger charge is -2.25. The van der Waals surface area contributed by atoms with Crippen LogP contribution in [0.5, 0.6) is 0 Å². The van der Waals surface area contributed by atoms with Gasteiger partial charge in [0.25, 0.3) is 0 Å². The number of hydrogen-bond donors (Lipinski definition) is 7. The molecule has 186 valence electrons. The molecule has 0 saturated carbocycles. The minimum Gasteiger partial charge on any atom is -0.480 e. The van der Waals surface area contributed by atoms with Crippen molar-refractivity contribution in [1.29, 1.82) is 0 Å². The van der Waals surface area contributed by atoms with Crippen LogP contribution >= 0.6 is 0 Å². The SMILES string of the molecule is CCC(C)C(NC(=O)C(Cc1cnc[nH]1)NC(=O)C(C)NC(=O)C(N)CCCCN)C(=O)O. The molecule has 1 heterocycles. The van der Waals surface area contributed by atoms with E-state index in [4.69, 9.17) is 11.5 Å². The molecule has 0 aliphatic rings. The lowest BCUT2D eigenvalue weighted by atomic mass is 9.98. The number of amides is 3. The Hall–Kier alpha value is -2.99. The number of unbranched alkanes of at least 4 members (excludes halogenated alkanes) is 1. The van der Waals surface area contributed by atoms with E-state index >= 15 is 0 Å². The van der Waals surface area contributed by atoms with Crippen LogP contribution in [-0.4, -0.2) is 69.5 Å². The van der Waals surface area contributed by atoms with E-state index in [1.165, 1.54) is 19.4 Å². The molecule has 1 aromatic heterocycles. The first-order valence-electron chi connectivity index (χ1n) is 11.2. The van der Waals surface area contributed by atoms with Crippen LogP contribution in [0.15, 0.2) is 12.5 Å². The van der Waals surface area contributed by atoms with Crippen molar-refractivity contribution in [3.63, 3.8) is 0 Å². The van der Waals surface area contributed by atoms with Gasteiger partial charge in [-0.2, -0.15) is 0 Å². The van der Waals surface area contributed by atoms with E-state index in [1.54, 1.807) is 6.92 Å². The van der Waals surface area contributed by atoms with Crippen molar-refractivity contribution in [3.05, 3.63) is 18.2 Å². The first-order chi connectivity index (χ1) is 15.6. The summed E-state index contributed by atoms with van der Waals surface area (Å²) >= 11 is 0. The van der Waals surface area contributed by atoms with Crippen molar-refractivity contribution < 1.29 is 24.3 Å². The van der Waals surface area contributed by atoms with Gasteiger partial charge in [0, 0.05) is 18.3 Å². The number of nitrogens with one attached hydrogen (secondary N) is 4. The highest BCUT2D eigenvalue weighted by Gasteiger charge is 2.31. The number of carboxylic acid groups (broad SMARTS) is 1. The van der Waals surface area contributed by atoms with Crippen molar-refractivity contribution in [2.45, 2.75) is 77.0 Å². The Kier molecular flexibility index (Phi) is 12.1. The standard InChI is InChI=1S/C21H37N7O5/c1-4-12(2)17(21(32)33)28-20(31)16(9-14-10-24-11-25-14)27-18(29)13(3)26-19(30)15(23)7-5-6-8-22/h10-13,15-17H,4-9,22-23H2,1-3H3,(H,24,25)(H,26,30)(H,27,29)(H,28,31)(H,32,33).